The molecule has 5 heteroatoms. The highest BCUT2D eigenvalue weighted by atomic mass is 79.9. The molecule has 3 nitrogen and oxygen atoms in total. The third kappa shape index (κ3) is 4.10. The average Bonchev–Trinajstić information content (AvgIpc) is 2.61. The number of nitrogens with zero attached hydrogens (tertiary/aromatic N) is 1. The van der Waals surface area contributed by atoms with Crippen LogP contribution in [-0.2, 0) is 6.54 Å². The fourth-order valence-corrected chi connectivity index (χ4v) is 3.06. The van der Waals surface area contributed by atoms with Crippen molar-refractivity contribution >= 4 is 37.8 Å². The van der Waals surface area contributed by atoms with Crippen LogP contribution in [0.1, 0.15) is 16.1 Å². The van der Waals surface area contributed by atoms with Gasteiger partial charge in [0, 0.05) is 21.7 Å². The minimum atomic E-state index is -0.183. The van der Waals surface area contributed by atoms with E-state index in [2.05, 4.69) is 60.4 Å². The zero-order valence-corrected chi connectivity index (χ0v) is 15.8. The minimum Gasteiger partial charge on any atom is -0.347 e. The molecule has 3 aromatic rings. The van der Waals surface area contributed by atoms with Gasteiger partial charge in [-0.15, -0.1) is 0 Å². The van der Waals surface area contributed by atoms with Gasteiger partial charge in [0.05, 0.1) is 0 Å². The van der Waals surface area contributed by atoms with Crippen molar-refractivity contribution in [1.82, 2.24) is 10.3 Å². The number of pyridine rings is 1. The molecule has 1 N–H and O–H groups in total. The number of halogens is 2. The lowest BCUT2D eigenvalue weighted by Crippen LogP contribution is -2.24. The van der Waals surface area contributed by atoms with E-state index in [0.29, 0.717) is 12.2 Å². The molecule has 1 aromatic heterocycles. The Bertz CT molecular complexity index is 849. The maximum Gasteiger partial charge on any atom is 0.270 e. The SMILES string of the molecule is O=C(NCc1cc(Br)ccc1-c1ccc(Br)cc1)c1ccccn1. The number of amides is 1. The molecule has 120 valence electrons. The predicted octanol–water partition coefficient (Wildman–Crippen LogP) is 5.20. The molecule has 0 spiro atoms. The Balaban J connectivity index is 1.83. The molecule has 0 saturated heterocycles. The fourth-order valence-electron chi connectivity index (χ4n) is 2.38. The third-order valence-electron chi connectivity index (χ3n) is 3.56. The van der Waals surface area contributed by atoms with E-state index in [-0.39, 0.29) is 5.91 Å². The Labute approximate surface area is 157 Å². The summed E-state index contributed by atoms with van der Waals surface area (Å²) in [6.07, 6.45) is 1.61. The van der Waals surface area contributed by atoms with Crippen molar-refractivity contribution in [3.8, 4) is 11.1 Å². The number of carbonyl (C=O) groups is 1. The zero-order valence-electron chi connectivity index (χ0n) is 12.7. The molecule has 0 saturated carbocycles. The van der Waals surface area contributed by atoms with Crippen molar-refractivity contribution in [3.05, 3.63) is 87.1 Å². The molecule has 0 bridgehead atoms. The van der Waals surface area contributed by atoms with Gasteiger partial charge in [-0.25, -0.2) is 0 Å². The standard InChI is InChI=1S/C19H14Br2N2O/c20-15-6-4-13(5-7-15)17-9-8-16(21)11-14(17)12-23-19(24)18-3-1-2-10-22-18/h1-11H,12H2,(H,23,24). The van der Waals surface area contributed by atoms with E-state index < -0.39 is 0 Å². The second-order valence-corrected chi connectivity index (χ2v) is 7.04. The van der Waals surface area contributed by atoms with Crippen molar-refractivity contribution in [1.29, 1.82) is 0 Å². The number of hydrogen-bond donors (Lipinski definition) is 1. The molecule has 0 radical (unpaired) electrons. The molecule has 0 aliphatic carbocycles. The van der Waals surface area contributed by atoms with Gasteiger partial charge in [0.2, 0.25) is 0 Å². The highest BCUT2D eigenvalue weighted by molar-refractivity contribution is 9.10. The monoisotopic (exact) mass is 444 g/mol. The molecule has 1 heterocycles. The van der Waals surface area contributed by atoms with E-state index in [0.717, 1.165) is 25.6 Å². The predicted molar refractivity (Wildman–Crippen MR) is 103 cm³/mol. The van der Waals surface area contributed by atoms with Gasteiger partial charge in [0.1, 0.15) is 5.69 Å². The van der Waals surface area contributed by atoms with Gasteiger partial charge >= 0.3 is 0 Å². The van der Waals surface area contributed by atoms with Gasteiger partial charge in [-0.3, -0.25) is 9.78 Å². The number of hydrogen-bond acceptors (Lipinski definition) is 2. The van der Waals surface area contributed by atoms with Crippen molar-refractivity contribution in [2.24, 2.45) is 0 Å². The first-order valence-electron chi connectivity index (χ1n) is 7.37. The van der Waals surface area contributed by atoms with Crippen LogP contribution in [0.2, 0.25) is 0 Å². The first kappa shape index (κ1) is 16.9. The molecule has 24 heavy (non-hydrogen) atoms. The number of aromatic nitrogens is 1. The summed E-state index contributed by atoms with van der Waals surface area (Å²) in [7, 11) is 0. The lowest BCUT2D eigenvalue weighted by molar-refractivity contribution is 0.0946. The molecule has 2 aromatic carbocycles. The molecule has 0 atom stereocenters. The normalized spacial score (nSPS) is 10.4. The molecule has 3 rings (SSSR count). The highest BCUT2D eigenvalue weighted by Gasteiger charge is 2.10. The Morgan fingerprint density at radius 2 is 1.71 bits per heavy atom. The molecule has 1 amide bonds. The molecule has 0 aliphatic rings. The van der Waals surface area contributed by atoms with E-state index in [1.54, 1.807) is 24.4 Å². The Hall–Kier alpha value is -1.98. The number of nitrogens with one attached hydrogen (secondary N) is 1. The third-order valence-corrected chi connectivity index (χ3v) is 4.58. The van der Waals surface area contributed by atoms with E-state index in [1.807, 2.05) is 24.3 Å². The van der Waals surface area contributed by atoms with Gasteiger partial charge in [-0.05, 0) is 53.1 Å². The second kappa shape index (κ2) is 7.73. The van der Waals surface area contributed by atoms with Crippen molar-refractivity contribution < 1.29 is 4.79 Å². The van der Waals surface area contributed by atoms with Crippen LogP contribution in [0, 0.1) is 0 Å². The van der Waals surface area contributed by atoms with Crippen molar-refractivity contribution in [2.75, 3.05) is 0 Å². The van der Waals surface area contributed by atoms with Crippen LogP contribution < -0.4 is 5.32 Å². The Morgan fingerprint density at radius 1 is 0.958 bits per heavy atom. The first-order chi connectivity index (χ1) is 11.6. The lowest BCUT2D eigenvalue weighted by Gasteiger charge is -2.12. The van der Waals surface area contributed by atoms with Crippen LogP contribution in [0.15, 0.2) is 75.8 Å². The summed E-state index contributed by atoms with van der Waals surface area (Å²) in [6, 6.07) is 19.5. The van der Waals surface area contributed by atoms with Crippen LogP contribution in [-0.4, -0.2) is 10.9 Å². The number of carbonyl (C=O) groups excluding carboxylic acids is 1. The lowest BCUT2D eigenvalue weighted by atomic mass is 10.00. The second-order valence-electron chi connectivity index (χ2n) is 5.21. The summed E-state index contributed by atoms with van der Waals surface area (Å²) in [5, 5.41) is 2.93. The van der Waals surface area contributed by atoms with Crippen LogP contribution in [0.3, 0.4) is 0 Å². The Kier molecular flexibility index (Phi) is 5.43. The van der Waals surface area contributed by atoms with E-state index >= 15 is 0 Å². The quantitative estimate of drug-likeness (QED) is 0.599. The van der Waals surface area contributed by atoms with Crippen molar-refractivity contribution in [2.45, 2.75) is 6.54 Å². The van der Waals surface area contributed by atoms with Crippen molar-refractivity contribution in [3.63, 3.8) is 0 Å². The van der Waals surface area contributed by atoms with Crippen LogP contribution in [0.25, 0.3) is 11.1 Å². The van der Waals surface area contributed by atoms with Crippen LogP contribution in [0.4, 0.5) is 0 Å². The van der Waals surface area contributed by atoms with E-state index in [4.69, 9.17) is 0 Å². The highest BCUT2D eigenvalue weighted by Crippen LogP contribution is 2.28. The largest absolute Gasteiger partial charge is 0.347 e. The smallest absolute Gasteiger partial charge is 0.270 e. The molecule has 0 fully saturated rings. The van der Waals surface area contributed by atoms with Gasteiger partial charge in [0.25, 0.3) is 5.91 Å². The van der Waals surface area contributed by atoms with Crippen LogP contribution in [0.5, 0.6) is 0 Å². The van der Waals surface area contributed by atoms with Crippen LogP contribution >= 0.6 is 31.9 Å². The number of rotatable bonds is 4. The molecule has 0 aliphatic heterocycles. The van der Waals surface area contributed by atoms with Gasteiger partial charge in [-0.2, -0.15) is 0 Å². The zero-order chi connectivity index (χ0) is 16.9. The maximum absolute atomic E-state index is 12.2. The summed E-state index contributed by atoms with van der Waals surface area (Å²) < 4.78 is 2.01. The first-order valence-corrected chi connectivity index (χ1v) is 8.96. The topological polar surface area (TPSA) is 42.0 Å². The summed E-state index contributed by atoms with van der Waals surface area (Å²) in [5.41, 5.74) is 3.65. The van der Waals surface area contributed by atoms with Gasteiger partial charge < -0.3 is 5.32 Å². The van der Waals surface area contributed by atoms with E-state index in [9.17, 15) is 4.79 Å². The molecular formula is C19H14Br2N2O. The maximum atomic E-state index is 12.2. The Morgan fingerprint density at radius 3 is 2.42 bits per heavy atom. The minimum absolute atomic E-state index is 0.183. The fraction of sp³-hybridized carbons (Fsp3) is 0.0526. The summed E-state index contributed by atoms with van der Waals surface area (Å²) in [5.74, 6) is -0.183. The number of benzene rings is 2. The summed E-state index contributed by atoms with van der Waals surface area (Å²) in [6.45, 7) is 0.431. The van der Waals surface area contributed by atoms with E-state index in [1.165, 1.54) is 0 Å². The summed E-state index contributed by atoms with van der Waals surface area (Å²) in [4.78, 5) is 16.3. The summed E-state index contributed by atoms with van der Waals surface area (Å²) >= 11 is 6.95. The molecule has 0 unspecified atom stereocenters. The van der Waals surface area contributed by atoms with Gasteiger partial charge in [-0.1, -0.05) is 56.1 Å². The molecular weight excluding hydrogens is 432 g/mol. The average molecular weight is 446 g/mol. The van der Waals surface area contributed by atoms with Gasteiger partial charge in [0.15, 0.2) is 0 Å².